The van der Waals surface area contributed by atoms with Crippen LogP contribution in [-0.2, 0) is 17.4 Å². The van der Waals surface area contributed by atoms with Crippen LogP contribution in [0, 0.1) is 11.3 Å². The van der Waals surface area contributed by atoms with Gasteiger partial charge in [-0.1, -0.05) is 30.7 Å². The van der Waals surface area contributed by atoms with Crippen LogP contribution in [0.3, 0.4) is 0 Å². The van der Waals surface area contributed by atoms with E-state index in [-0.39, 0.29) is 22.8 Å². The van der Waals surface area contributed by atoms with Crippen molar-refractivity contribution in [2.45, 2.75) is 6.92 Å². The molecule has 0 aliphatic heterocycles. The summed E-state index contributed by atoms with van der Waals surface area (Å²) in [4.78, 5) is 0. The Kier molecular flexibility index (Phi) is 3.34. The molecule has 0 saturated carbocycles. The van der Waals surface area contributed by atoms with E-state index in [0.717, 1.165) is 5.70 Å². The SMILES string of the molecule is C=C[C-]1C=CC2=CC=CC=C(N)C21C.[Cr]. The molecule has 0 aromatic carbocycles. The summed E-state index contributed by atoms with van der Waals surface area (Å²) in [5.74, 6) is 1.17. The molecule has 0 spiro atoms. The van der Waals surface area contributed by atoms with Crippen molar-refractivity contribution in [3.63, 3.8) is 0 Å². The molecular formula is C13H14CrN-. The molecule has 2 aliphatic rings. The molecule has 0 aromatic heterocycles. The van der Waals surface area contributed by atoms with Crippen LogP contribution in [0.5, 0.6) is 0 Å². The number of rotatable bonds is 1. The molecule has 1 atom stereocenters. The Morgan fingerprint density at radius 1 is 1.40 bits per heavy atom. The summed E-state index contributed by atoms with van der Waals surface area (Å²) in [6.45, 7) is 5.96. The fraction of sp³-hybridized carbons (Fsp3) is 0.154. The maximum Gasteiger partial charge on any atom is 0.0101 e. The van der Waals surface area contributed by atoms with Gasteiger partial charge in [-0.05, 0) is 6.08 Å². The maximum atomic E-state index is 6.08. The van der Waals surface area contributed by atoms with E-state index in [4.69, 9.17) is 5.73 Å². The second-order valence-corrected chi connectivity index (χ2v) is 3.75. The molecule has 2 heteroatoms. The minimum absolute atomic E-state index is 0. The van der Waals surface area contributed by atoms with Crippen LogP contribution in [0.4, 0.5) is 0 Å². The second-order valence-electron chi connectivity index (χ2n) is 3.75. The summed E-state index contributed by atoms with van der Waals surface area (Å²) in [5, 5.41) is 0. The Morgan fingerprint density at radius 3 is 2.73 bits per heavy atom. The van der Waals surface area contributed by atoms with Gasteiger partial charge in [-0.15, -0.1) is 5.92 Å². The second kappa shape index (κ2) is 4.18. The molecule has 2 aliphatic carbocycles. The average Bonchev–Trinajstić information content (AvgIpc) is 2.44. The first-order valence-electron chi connectivity index (χ1n) is 4.72. The quantitative estimate of drug-likeness (QED) is 0.696. The van der Waals surface area contributed by atoms with Gasteiger partial charge in [-0.25, -0.2) is 0 Å². The van der Waals surface area contributed by atoms with Gasteiger partial charge in [0.2, 0.25) is 0 Å². The Bertz CT molecular complexity index is 387. The van der Waals surface area contributed by atoms with E-state index in [1.54, 1.807) is 0 Å². The van der Waals surface area contributed by atoms with Gasteiger partial charge >= 0.3 is 0 Å². The van der Waals surface area contributed by atoms with E-state index >= 15 is 0 Å². The van der Waals surface area contributed by atoms with Gasteiger partial charge in [0.05, 0.1) is 0 Å². The van der Waals surface area contributed by atoms with Gasteiger partial charge < -0.3 is 5.73 Å². The number of nitrogens with two attached hydrogens (primary N) is 1. The fourth-order valence-electron chi connectivity index (χ4n) is 1.99. The summed E-state index contributed by atoms with van der Waals surface area (Å²) in [6, 6.07) is 0. The molecule has 0 fully saturated rings. The number of hydrogen-bond acceptors (Lipinski definition) is 1. The summed E-state index contributed by atoms with van der Waals surface area (Å²) in [6.07, 6.45) is 14.1. The molecule has 0 aromatic rings. The first-order valence-corrected chi connectivity index (χ1v) is 4.72. The van der Waals surface area contributed by atoms with Crippen LogP contribution in [0.15, 0.2) is 60.4 Å². The summed E-state index contributed by atoms with van der Waals surface area (Å²) in [5.41, 5.74) is 8.01. The minimum atomic E-state index is -0.175. The molecule has 0 amide bonds. The van der Waals surface area contributed by atoms with Crippen molar-refractivity contribution < 1.29 is 17.4 Å². The monoisotopic (exact) mass is 236 g/mol. The largest absolute Gasteiger partial charge is 0.402 e. The number of fused-ring (bicyclic) bond motifs is 1. The topological polar surface area (TPSA) is 26.0 Å². The zero-order valence-electron chi connectivity index (χ0n) is 8.73. The molecule has 2 N–H and O–H groups in total. The van der Waals surface area contributed by atoms with Crippen molar-refractivity contribution >= 4 is 0 Å². The van der Waals surface area contributed by atoms with Crippen molar-refractivity contribution in [1.82, 2.24) is 0 Å². The van der Waals surface area contributed by atoms with E-state index in [2.05, 4.69) is 31.7 Å². The molecule has 0 radical (unpaired) electrons. The standard InChI is InChI=1S/C13H14N.Cr/c1-3-10-8-9-11-6-4-5-7-12(14)13(10,11)2;/h3-9H,1,14H2,2H3;/q-1;. The van der Waals surface area contributed by atoms with E-state index < -0.39 is 0 Å². The van der Waals surface area contributed by atoms with Gasteiger partial charge in [0.25, 0.3) is 0 Å². The third kappa shape index (κ3) is 1.61. The average molecular weight is 236 g/mol. The van der Waals surface area contributed by atoms with Crippen molar-refractivity contribution in [3.8, 4) is 0 Å². The summed E-state index contributed by atoms with van der Waals surface area (Å²) in [7, 11) is 0. The van der Waals surface area contributed by atoms with Gasteiger partial charge in [0.15, 0.2) is 0 Å². The van der Waals surface area contributed by atoms with Crippen molar-refractivity contribution in [3.05, 3.63) is 66.3 Å². The number of hydrogen-bond donors (Lipinski definition) is 1. The van der Waals surface area contributed by atoms with E-state index in [0.29, 0.717) is 0 Å². The van der Waals surface area contributed by atoms with Crippen LogP contribution in [-0.4, -0.2) is 0 Å². The normalized spacial score (nSPS) is 27.4. The summed E-state index contributed by atoms with van der Waals surface area (Å²) < 4.78 is 0. The first kappa shape index (κ1) is 12.0. The van der Waals surface area contributed by atoms with Gasteiger partial charge in [0.1, 0.15) is 0 Å². The maximum absolute atomic E-state index is 6.08. The molecule has 1 unspecified atom stereocenters. The summed E-state index contributed by atoms with van der Waals surface area (Å²) >= 11 is 0. The predicted molar refractivity (Wildman–Crippen MR) is 60.2 cm³/mol. The number of allylic oxidation sites excluding steroid dienone is 8. The third-order valence-electron chi connectivity index (χ3n) is 3.06. The minimum Gasteiger partial charge on any atom is -0.402 e. The van der Waals surface area contributed by atoms with E-state index in [1.807, 2.05) is 24.3 Å². The van der Waals surface area contributed by atoms with Gasteiger partial charge in [-0.3, -0.25) is 0 Å². The third-order valence-corrected chi connectivity index (χ3v) is 3.06. The van der Waals surface area contributed by atoms with Crippen LogP contribution in [0.2, 0.25) is 0 Å². The fourth-order valence-corrected chi connectivity index (χ4v) is 1.99. The molecule has 2 rings (SSSR count). The molecular weight excluding hydrogens is 222 g/mol. The van der Waals surface area contributed by atoms with Crippen molar-refractivity contribution in [2.24, 2.45) is 11.1 Å². The Labute approximate surface area is 102 Å². The van der Waals surface area contributed by atoms with Crippen molar-refractivity contribution in [2.75, 3.05) is 0 Å². The zero-order chi connectivity index (χ0) is 10.2. The Morgan fingerprint density at radius 2 is 2.07 bits per heavy atom. The van der Waals surface area contributed by atoms with Crippen LogP contribution >= 0.6 is 0 Å². The predicted octanol–water partition coefficient (Wildman–Crippen LogP) is 2.66. The van der Waals surface area contributed by atoms with Crippen LogP contribution in [0.1, 0.15) is 6.92 Å². The molecule has 1 nitrogen and oxygen atoms in total. The van der Waals surface area contributed by atoms with E-state index in [9.17, 15) is 0 Å². The molecule has 0 saturated heterocycles. The van der Waals surface area contributed by atoms with E-state index in [1.165, 1.54) is 11.5 Å². The Hall–Kier alpha value is -1.10. The Balaban J connectivity index is 0.00000112. The van der Waals surface area contributed by atoms with Gasteiger partial charge in [0, 0.05) is 28.5 Å². The molecule has 78 valence electrons. The van der Waals surface area contributed by atoms with Gasteiger partial charge in [-0.2, -0.15) is 24.8 Å². The molecule has 0 bridgehead atoms. The van der Waals surface area contributed by atoms with Crippen LogP contribution in [0.25, 0.3) is 0 Å². The molecule has 15 heavy (non-hydrogen) atoms. The molecule has 0 heterocycles. The van der Waals surface area contributed by atoms with Crippen LogP contribution < -0.4 is 5.73 Å². The zero-order valence-corrected chi connectivity index (χ0v) is 10.0. The smallest absolute Gasteiger partial charge is 0.0101 e. The first-order chi connectivity index (χ1) is 6.69. The van der Waals surface area contributed by atoms with Crippen molar-refractivity contribution in [1.29, 1.82) is 0 Å².